The van der Waals surface area contributed by atoms with E-state index in [1.807, 2.05) is 13.8 Å². The Morgan fingerprint density at radius 1 is 1.19 bits per heavy atom. The summed E-state index contributed by atoms with van der Waals surface area (Å²) in [6.07, 6.45) is 6.56. The number of carbonyl (C=O) groups is 2. The molecular weight excluding hydrogens is 268 g/mol. The number of ether oxygens (including phenoxy) is 1. The lowest BCUT2D eigenvalue weighted by molar-refractivity contribution is -0.147. The highest BCUT2D eigenvalue weighted by Crippen LogP contribution is 2.34. The van der Waals surface area contributed by atoms with Crippen LogP contribution in [0.4, 0.5) is 0 Å². The molecule has 3 N–H and O–H groups in total. The van der Waals surface area contributed by atoms with Gasteiger partial charge in [-0.1, -0.05) is 39.5 Å². The number of nitrogens with one attached hydrogen (secondary N) is 1. The second-order valence-corrected chi connectivity index (χ2v) is 6.58. The lowest BCUT2D eigenvalue weighted by atomic mass is 9.79. The molecule has 0 radical (unpaired) electrons. The number of hydrogen-bond acceptors (Lipinski definition) is 4. The molecule has 5 heteroatoms. The van der Waals surface area contributed by atoms with Crippen molar-refractivity contribution in [2.75, 3.05) is 13.7 Å². The van der Waals surface area contributed by atoms with Crippen molar-refractivity contribution in [2.24, 2.45) is 17.1 Å². The lowest BCUT2D eigenvalue weighted by Crippen LogP contribution is -2.52. The smallest absolute Gasteiger partial charge is 0.328 e. The van der Waals surface area contributed by atoms with Crippen molar-refractivity contribution in [1.82, 2.24) is 5.32 Å². The quantitative estimate of drug-likeness (QED) is 0.580. The Balaban J connectivity index is 2.79. The van der Waals surface area contributed by atoms with Crippen LogP contribution in [0.1, 0.15) is 58.8 Å². The molecule has 1 rings (SSSR count). The molecule has 0 aromatic heterocycles. The van der Waals surface area contributed by atoms with Crippen molar-refractivity contribution in [1.29, 1.82) is 0 Å². The molecule has 1 aliphatic rings. The monoisotopic (exact) mass is 298 g/mol. The summed E-state index contributed by atoms with van der Waals surface area (Å²) in [4.78, 5) is 24.6. The van der Waals surface area contributed by atoms with Crippen molar-refractivity contribution in [3.63, 3.8) is 0 Å². The fourth-order valence-corrected chi connectivity index (χ4v) is 3.07. The first-order valence-electron chi connectivity index (χ1n) is 8.04. The molecule has 0 aromatic rings. The maximum absolute atomic E-state index is 12.7. The first-order chi connectivity index (χ1) is 9.95. The molecule has 0 heterocycles. The molecule has 0 aliphatic heterocycles. The summed E-state index contributed by atoms with van der Waals surface area (Å²) in [6.45, 7) is 4.38. The topological polar surface area (TPSA) is 81.4 Å². The van der Waals surface area contributed by atoms with Crippen LogP contribution in [0.2, 0.25) is 0 Å². The summed E-state index contributed by atoms with van der Waals surface area (Å²) in [5.74, 6) is -0.154. The Labute approximate surface area is 128 Å². The van der Waals surface area contributed by atoms with Gasteiger partial charge in [-0.15, -0.1) is 0 Å². The highest BCUT2D eigenvalue weighted by atomic mass is 16.5. The van der Waals surface area contributed by atoms with Gasteiger partial charge in [-0.05, 0) is 25.2 Å². The summed E-state index contributed by atoms with van der Waals surface area (Å²) in [5.41, 5.74) is 5.40. The van der Waals surface area contributed by atoms with Crippen molar-refractivity contribution in [3.05, 3.63) is 0 Å². The number of nitrogens with two attached hydrogens (primary N) is 1. The summed E-state index contributed by atoms with van der Waals surface area (Å²) >= 11 is 0. The molecule has 1 saturated carbocycles. The summed E-state index contributed by atoms with van der Waals surface area (Å²) < 4.78 is 4.81. The maximum Gasteiger partial charge on any atom is 0.328 e. The highest BCUT2D eigenvalue weighted by Gasteiger charge is 2.39. The van der Waals surface area contributed by atoms with Crippen LogP contribution < -0.4 is 11.1 Å². The van der Waals surface area contributed by atoms with E-state index in [1.54, 1.807) is 0 Å². The predicted octanol–water partition coefficient (Wildman–Crippen LogP) is 1.99. The molecule has 1 unspecified atom stereocenters. The Bertz CT molecular complexity index is 347. The van der Waals surface area contributed by atoms with Crippen LogP contribution in [0.3, 0.4) is 0 Å². The molecule has 0 aromatic carbocycles. The average Bonchev–Trinajstić information content (AvgIpc) is 2.71. The zero-order chi connectivity index (χ0) is 15.9. The van der Waals surface area contributed by atoms with Crippen LogP contribution in [-0.4, -0.2) is 31.6 Å². The van der Waals surface area contributed by atoms with Gasteiger partial charge in [0, 0.05) is 6.54 Å². The van der Waals surface area contributed by atoms with E-state index in [2.05, 4.69) is 5.32 Å². The maximum atomic E-state index is 12.7. The molecule has 1 atom stereocenters. The van der Waals surface area contributed by atoms with Crippen LogP contribution in [0.15, 0.2) is 0 Å². The fraction of sp³-hybridized carbons (Fsp3) is 0.875. The van der Waals surface area contributed by atoms with Crippen LogP contribution in [-0.2, 0) is 14.3 Å². The summed E-state index contributed by atoms with van der Waals surface area (Å²) in [7, 11) is 1.35. The third-order valence-corrected chi connectivity index (χ3v) is 4.43. The number of hydrogen-bond donors (Lipinski definition) is 2. The third-order valence-electron chi connectivity index (χ3n) is 4.43. The van der Waals surface area contributed by atoms with E-state index >= 15 is 0 Å². The number of amides is 1. The molecule has 122 valence electrons. The van der Waals surface area contributed by atoms with Crippen molar-refractivity contribution in [2.45, 2.75) is 64.8 Å². The van der Waals surface area contributed by atoms with Gasteiger partial charge in [-0.2, -0.15) is 0 Å². The number of carbonyl (C=O) groups excluding carboxylic acids is 2. The number of methoxy groups -OCH3 is 1. The minimum absolute atomic E-state index is 0.0806. The molecule has 0 bridgehead atoms. The first kappa shape index (κ1) is 18.0. The van der Waals surface area contributed by atoms with E-state index in [9.17, 15) is 9.59 Å². The van der Waals surface area contributed by atoms with Crippen LogP contribution in [0.5, 0.6) is 0 Å². The van der Waals surface area contributed by atoms with Crippen LogP contribution in [0.25, 0.3) is 0 Å². The zero-order valence-corrected chi connectivity index (χ0v) is 13.6. The van der Waals surface area contributed by atoms with E-state index in [-0.39, 0.29) is 11.9 Å². The van der Waals surface area contributed by atoms with Gasteiger partial charge in [0.2, 0.25) is 5.91 Å². The van der Waals surface area contributed by atoms with Gasteiger partial charge in [0.1, 0.15) is 6.04 Å². The third kappa shape index (κ3) is 4.99. The van der Waals surface area contributed by atoms with E-state index in [4.69, 9.17) is 10.5 Å². The Morgan fingerprint density at radius 3 is 2.19 bits per heavy atom. The van der Waals surface area contributed by atoms with Crippen molar-refractivity contribution in [3.8, 4) is 0 Å². The minimum atomic E-state index is -0.575. The Morgan fingerprint density at radius 2 is 1.76 bits per heavy atom. The van der Waals surface area contributed by atoms with Gasteiger partial charge in [0.25, 0.3) is 0 Å². The van der Waals surface area contributed by atoms with Gasteiger partial charge in [-0.25, -0.2) is 4.79 Å². The average molecular weight is 298 g/mol. The van der Waals surface area contributed by atoms with Crippen LogP contribution in [0, 0.1) is 11.3 Å². The fourth-order valence-electron chi connectivity index (χ4n) is 3.07. The van der Waals surface area contributed by atoms with Crippen molar-refractivity contribution < 1.29 is 14.3 Å². The SMILES string of the molecule is COC(=O)C(CC(C)C)NC(=O)C1(CN)CCCCCC1. The van der Waals surface area contributed by atoms with E-state index < -0.39 is 11.5 Å². The molecule has 21 heavy (non-hydrogen) atoms. The van der Waals surface area contributed by atoms with E-state index in [0.29, 0.717) is 18.9 Å². The molecule has 0 spiro atoms. The van der Waals surface area contributed by atoms with Gasteiger partial charge in [-0.3, -0.25) is 4.79 Å². The van der Waals surface area contributed by atoms with E-state index in [0.717, 1.165) is 38.5 Å². The Kier molecular flexibility index (Phi) is 7.15. The molecular formula is C16H30N2O3. The standard InChI is InChI=1S/C16H30N2O3/c1-12(2)10-13(14(19)21-3)18-15(20)16(11-17)8-6-4-5-7-9-16/h12-13H,4-11,17H2,1-3H3,(H,18,20). The van der Waals surface area contributed by atoms with Gasteiger partial charge in [0.15, 0.2) is 0 Å². The van der Waals surface area contributed by atoms with Crippen molar-refractivity contribution >= 4 is 11.9 Å². The largest absolute Gasteiger partial charge is 0.467 e. The van der Waals surface area contributed by atoms with Gasteiger partial charge in [0.05, 0.1) is 12.5 Å². The number of esters is 1. The molecule has 1 amide bonds. The molecule has 5 nitrogen and oxygen atoms in total. The van der Waals surface area contributed by atoms with Crippen LogP contribution >= 0.6 is 0 Å². The minimum Gasteiger partial charge on any atom is -0.467 e. The summed E-state index contributed by atoms with van der Waals surface area (Å²) in [6, 6.07) is -0.575. The normalized spacial score (nSPS) is 19.7. The molecule has 1 aliphatic carbocycles. The first-order valence-corrected chi connectivity index (χ1v) is 8.04. The second kappa shape index (κ2) is 8.37. The number of rotatable bonds is 6. The van der Waals surface area contributed by atoms with Gasteiger partial charge < -0.3 is 15.8 Å². The predicted molar refractivity (Wildman–Crippen MR) is 82.6 cm³/mol. The molecule has 0 saturated heterocycles. The molecule has 1 fully saturated rings. The van der Waals surface area contributed by atoms with E-state index in [1.165, 1.54) is 7.11 Å². The zero-order valence-electron chi connectivity index (χ0n) is 13.6. The van der Waals surface area contributed by atoms with Gasteiger partial charge >= 0.3 is 5.97 Å². The second-order valence-electron chi connectivity index (χ2n) is 6.58. The lowest BCUT2D eigenvalue weighted by Gasteiger charge is -2.32. The summed E-state index contributed by atoms with van der Waals surface area (Å²) in [5, 5.41) is 2.89. The highest BCUT2D eigenvalue weighted by molar-refractivity contribution is 5.88. The Hall–Kier alpha value is -1.10.